The van der Waals surface area contributed by atoms with Crippen LogP contribution < -0.4 is 0 Å². The summed E-state index contributed by atoms with van der Waals surface area (Å²) in [5, 5.41) is 2.22. The summed E-state index contributed by atoms with van der Waals surface area (Å²) >= 11 is 0. The van der Waals surface area contributed by atoms with Crippen LogP contribution in [0.3, 0.4) is 0 Å². The first-order chi connectivity index (χ1) is 11.8. The maximum absolute atomic E-state index is 11.6. The van der Waals surface area contributed by atoms with Gasteiger partial charge in [-0.2, -0.15) is 0 Å². The van der Waals surface area contributed by atoms with E-state index in [1.165, 1.54) is 0 Å². The molecule has 24 heavy (non-hydrogen) atoms. The van der Waals surface area contributed by atoms with Crippen molar-refractivity contribution in [1.82, 2.24) is 0 Å². The SMILES string of the molecule is O=C(C#Cc1ccccc1)OCC#Cc1cccc2ccccc12. The van der Waals surface area contributed by atoms with E-state index < -0.39 is 5.97 Å². The minimum Gasteiger partial charge on any atom is -0.443 e. The molecule has 0 aromatic heterocycles. The Hall–Kier alpha value is -3.49. The van der Waals surface area contributed by atoms with Gasteiger partial charge in [-0.1, -0.05) is 72.4 Å². The molecule has 0 aliphatic carbocycles. The third kappa shape index (κ3) is 4.03. The molecular formula is C22H14O2. The first-order valence-electron chi connectivity index (χ1n) is 7.53. The lowest BCUT2D eigenvalue weighted by atomic mass is 10.1. The highest BCUT2D eigenvalue weighted by Gasteiger charge is 1.97. The van der Waals surface area contributed by atoms with E-state index in [1.54, 1.807) is 0 Å². The van der Waals surface area contributed by atoms with E-state index in [0.717, 1.165) is 21.9 Å². The Morgan fingerprint density at radius 1 is 0.833 bits per heavy atom. The standard InChI is InChI=1S/C22H14O2/c23-22(16-15-18-8-2-1-3-9-18)24-17-7-13-20-12-6-11-19-10-4-5-14-21(19)20/h1-6,8-12,14H,17H2. The second kappa shape index (κ2) is 7.68. The highest BCUT2D eigenvalue weighted by atomic mass is 16.5. The van der Waals surface area contributed by atoms with Gasteiger partial charge >= 0.3 is 5.97 Å². The molecule has 0 heterocycles. The van der Waals surface area contributed by atoms with Crippen LogP contribution in [0.15, 0.2) is 72.8 Å². The first kappa shape index (κ1) is 15.4. The van der Waals surface area contributed by atoms with Crippen molar-refractivity contribution in [2.45, 2.75) is 0 Å². The second-order valence-electron chi connectivity index (χ2n) is 5.02. The van der Waals surface area contributed by atoms with Crippen LogP contribution in [0.2, 0.25) is 0 Å². The van der Waals surface area contributed by atoms with Crippen molar-refractivity contribution < 1.29 is 9.53 Å². The van der Waals surface area contributed by atoms with Gasteiger partial charge in [0.05, 0.1) is 0 Å². The quantitative estimate of drug-likeness (QED) is 0.505. The number of rotatable bonds is 1. The zero-order valence-electron chi connectivity index (χ0n) is 13.0. The van der Waals surface area contributed by atoms with E-state index in [4.69, 9.17) is 4.74 Å². The minimum atomic E-state index is -0.578. The van der Waals surface area contributed by atoms with Crippen molar-refractivity contribution >= 4 is 16.7 Å². The monoisotopic (exact) mass is 310 g/mol. The van der Waals surface area contributed by atoms with Gasteiger partial charge in [-0.25, -0.2) is 4.79 Å². The van der Waals surface area contributed by atoms with Gasteiger partial charge in [-0.15, -0.1) is 0 Å². The lowest BCUT2D eigenvalue weighted by Gasteiger charge is -1.99. The van der Waals surface area contributed by atoms with Gasteiger partial charge in [0.25, 0.3) is 0 Å². The zero-order chi connectivity index (χ0) is 16.6. The lowest BCUT2D eigenvalue weighted by molar-refractivity contribution is -0.135. The fourth-order valence-electron chi connectivity index (χ4n) is 2.25. The summed E-state index contributed by atoms with van der Waals surface area (Å²) in [6, 6.07) is 23.3. The summed E-state index contributed by atoms with van der Waals surface area (Å²) < 4.78 is 5.01. The van der Waals surface area contributed by atoms with Gasteiger partial charge in [0.15, 0.2) is 6.61 Å². The smallest absolute Gasteiger partial charge is 0.385 e. The number of hydrogen-bond acceptors (Lipinski definition) is 2. The van der Waals surface area contributed by atoms with E-state index >= 15 is 0 Å². The zero-order valence-corrected chi connectivity index (χ0v) is 13.0. The summed E-state index contributed by atoms with van der Waals surface area (Å²) in [4.78, 5) is 11.6. The Kier molecular flexibility index (Phi) is 4.93. The molecule has 0 aliphatic heterocycles. The van der Waals surface area contributed by atoms with E-state index in [9.17, 15) is 4.79 Å². The molecule has 3 aromatic carbocycles. The van der Waals surface area contributed by atoms with Crippen LogP contribution in [-0.2, 0) is 9.53 Å². The molecule has 3 rings (SSSR count). The van der Waals surface area contributed by atoms with Crippen LogP contribution in [0, 0.1) is 23.7 Å². The second-order valence-corrected chi connectivity index (χ2v) is 5.02. The van der Waals surface area contributed by atoms with E-state index in [0.29, 0.717) is 0 Å². The molecule has 114 valence electrons. The van der Waals surface area contributed by atoms with Gasteiger partial charge in [0, 0.05) is 17.0 Å². The highest BCUT2D eigenvalue weighted by molar-refractivity contribution is 5.89. The number of carbonyl (C=O) groups is 1. The Bertz CT molecular complexity index is 975. The summed E-state index contributed by atoms with van der Waals surface area (Å²) in [7, 11) is 0. The largest absolute Gasteiger partial charge is 0.443 e. The Morgan fingerprint density at radius 2 is 1.58 bits per heavy atom. The van der Waals surface area contributed by atoms with E-state index in [1.807, 2.05) is 72.8 Å². The molecule has 0 amide bonds. The average molecular weight is 310 g/mol. The molecule has 2 heteroatoms. The number of hydrogen-bond donors (Lipinski definition) is 0. The Balaban J connectivity index is 1.62. The summed E-state index contributed by atoms with van der Waals surface area (Å²) in [5.74, 6) is 10.5. The molecule has 0 atom stereocenters. The maximum Gasteiger partial charge on any atom is 0.385 e. The average Bonchev–Trinajstić information content (AvgIpc) is 2.64. The van der Waals surface area contributed by atoms with Crippen LogP contribution in [-0.4, -0.2) is 12.6 Å². The third-order valence-corrected chi connectivity index (χ3v) is 3.37. The van der Waals surface area contributed by atoms with Crippen molar-refractivity contribution in [3.05, 3.63) is 83.9 Å². The number of fused-ring (bicyclic) bond motifs is 1. The van der Waals surface area contributed by atoms with Gasteiger partial charge in [0.2, 0.25) is 0 Å². The Morgan fingerprint density at radius 3 is 2.46 bits per heavy atom. The summed E-state index contributed by atoms with van der Waals surface area (Å²) in [6.07, 6.45) is 0. The lowest BCUT2D eigenvalue weighted by Crippen LogP contribution is -2.01. The molecule has 0 saturated heterocycles. The number of ether oxygens (including phenoxy) is 1. The van der Waals surface area contributed by atoms with Gasteiger partial charge < -0.3 is 4.74 Å². The molecule has 3 aromatic rings. The molecule has 0 saturated carbocycles. The predicted molar refractivity (Wildman–Crippen MR) is 95.1 cm³/mol. The fourth-order valence-corrected chi connectivity index (χ4v) is 2.25. The number of esters is 1. The normalized spacial score (nSPS) is 9.33. The van der Waals surface area contributed by atoms with Crippen LogP contribution in [0.25, 0.3) is 10.8 Å². The van der Waals surface area contributed by atoms with Gasteiger partial charge in [-0.3, -0.25) is 0 Å². The van der Waals surface area contributed by atoms with Gasteiger partial charge in [-0.05, 0) is 29.0 Å². The Labute approximate surface area is 141 Å². The van der Waals surface area contributed by atoms with Crippen molar-refractivity contribution in [3.63, 3.8) is 0 Å². The third-order valence-electron chi connectivity index (χ3n) is 3.37. The molecule has 0 unspecified atom stereocenters. The molecular weight excluding hydrogens is 296 g/mol. The predicted octanol–water partition coefficient (Wildman–Crippen LogP) is 3.79. The maximum atomic E-state index is 11.6. The summed E-state index contributed by atoms with van der Waals surface area (Å²) in [5.41, 5.74) is 1.69. The van der Waals surface area contributed by atoms with Crippen LogP contribution in [0.5, 0.6) is 0 Å². The van der Waals surface area contributed by atoms with Crippen molar-refractivity contribution in [1.29, 1.82) is 0 Å². The molecule has 2 nitrogen and oxygen atoms in total. The van der Waals surface area contributed by atoms with Gasteiger partial charge in [0.1, 0.15) is 0 Å². The molecule has 0 fully saturated rings. The van der Waals surface area contributed by atoms with Crippen LogP contribution >= 0.6 is 0 Å². The van der Waals surface area contributed by atoms with Crippen molar-refractivity contribution in [3.8, 4) is 23.7 Å². The number of carbonyl (C=O) groups excluding carboxylic acids is 1. The van der Waals surface area contributed by atoms with E-state index in [2.05, 4.69) is 23.7 Å². The van der Waals surface area contributed by atoms with Crippen LogP contribution in [0.4, 0.5) is 0 Å². The van der Waals surface area contributed by atoms with Crippen molar-refractivity contribution in [2.75, 3.05) is 6.61 Å². The van der Waals surface area contributed by atoms with E-state index in [-0.39, 0.29) is 6.61 Å². The topological polar surface area (TPSA) is 26.3 Å². The fraction of sp³-hybridized carbons (Fsp3) is 0.0455. The summed E-state index contributed by atoms with van der Waals surface area (Å²) in [6.45, 7) is 0.0194. The minimum absolute atomic E-state index is 0.0194. The molecule has 0 bridgehead atoms. The first-order valence-corrected chi connectivity index (χ1v) is 7.53. The van der Waals surface area contributed by atoms with Crippen molar-refractivity contribution in [2.24, 2.45) is 0 Å². The highest BCUT2D eigenvalue weighted by Crippen LogP contribution is 2.17. The molecule has 0 radical (unpaired) electrons. The molecule has 0 aliphatic rings. The molecule has 0 spiro atoms. The number of benzene rings is 3. The van der Waals surface area contributed by atoms with Crippen LogP contribution in [0.1, 0.15) is 11.1 Å². The molecule has 0 N–H and O–H groups in total.